The minimum absolute atomic E-state index is 0.0970. The third-order valence-electron chi connectivity index (χ3n) is 4.63. The molecule has 2 amide bonds. The van der Waals surface area contributed by atoms with E-state index in [9.17, 15) is 14.4 Å². The van der Waals surface area contributed by atoms with E-state index >= 15 is 0 Å². The first-order valence-corrected chi connectivity index (χ1v) is 10.5. The second-order valence-corrected chi connectivity index (χ2v) is 7.58. The average Bonchev–Trinajstić information content (AvgIpc) is 2.77. The number of anilines is 1. The molecule has 0 aliphatic carbocycles. The molecule has 0 saturated heterocycles. The molecule has 0 atom stereocenters. The molecule has 2 N–H and O–H groups in total. The van der Waals surface area contributed by atoms with Gasteiger partial charge in [-0.15, -0.1) is 0 Å². The molecular formula is C25H23ClN2O4. The maximum atomic E-state index is 12.7. The van der Waals surface area contributed by atoms with E-state index in [2.05, 4.69) is 10.6 Å². The number of hydrogen-bond donors (Lipinski definition) is 2. The highest BCUT2D eigenvalue weighted by Crippen LogP contribution is 2.19. The molecular weight excluding hydrogens is 428 g/mol. The smallest absolute Gasteiger partial charge is 0.308 e. The summed E-state index contributed by atoms with van der Waals surface area (Å²) in [6.45, 7) is 1.57. The van der Waals surface area contributed by atoms with Crippen LogP contribution >= 0.6 is 11.6 Å². The van der Waals surface area contributed by atoms with Crippen molar-refractivity contribution >= 4 is 35.1 Å². The number of aryl methyl sites for hydroxylation is 1. The molecule has 0 saturated carbocycles. The highest BCUT2D eigenvalue weighted by atomic mass is 35.5. The molecule has 0 aromatic heterocycles. The molecule has 3 aromatic carbocycles. The molecule has 164 valence electrons. The molecule has 0 spiro atoms. The van der Waals surface area contributed by atoms with Crippen LogP contribution in [0.25, 0.3) is 0 Å². The molecule has 0 fully saturated rings. The number of amides is 2. The van der Waals surface area contributed by atoms with Gasteiger partial charge in [-0.3, -0.25) is 14.4 Å². The Balaban J connectivity index is 1.59. The fourth-order valence-corrected chi connectivity index (χ4v) is 3.30. The fraction of sp³-hybridized carbons (Fsp3) is 0.160. The van der Waals surface area contributed by atoms with Gasteiger partial charge in [-0.05, 0) is 53.9 Å². The molecule has 6 nitrogen and oxygen atoms in total. The van der Waals surface area contributed by atoms with E-state index in [-0.39, 0.29) is 18.4 Å². The van der Waals surface area contributed by atoms with Gasteiger partial charge in [0.25, 0.3) is 5.91 Å². The Morgan fingerprint density at radius 2 is 1.72 bits per heavy atom. The van der Waals surface area contributed by atoms with Crippen molar-refractivity contribution in [3.8, 4) is 5.75 Å². The van der Waals surface area contributed by atoms with Gasteiger partial charge in [0.15, 0.2) is 0 Å². The highest BCUT2D eigenvalue weighted by molar-refractivity contribution is 6.30. The van der Waals surface area contributed by atoms with Gasteiger partial charge in [0.1, 0.15) is 5.75 Å². The van der Waals surface area contributed by atoms with E-state index in [1.54, 1.807) is 36.4 Å². The zero-order valence-corrected chi connectivity index (χ0v) is 18.3. The second-order valence-electron chi connectivity index (χ2n) is 7.14. The van der Waals surface area contributed by atoms with Crippen molar-refractivity contribution in [2.75, 3.05) is 5.32 Å². The van der Waals surface area contributed by atoms with E-state index in [0.717, 1.165) is 11.1 Å². The van der Waals surface area contributed by atoms with E-state index < -0.39 is 5.97 Å². The Kier molecular flexibility index (Phi) is 8.00. The van der Waals surface area contributed by atoms with Gasteiger partial charge in [-0.2, -0.15) is 0 Å². The van der Waals surface area contributed by atoms with Gasteiger partial charge >= 0.3 is 5.97 Å². The largest absolute Gasteiger partial charge is 0.427 e. The lowest BCUT2D eigenvalue weighted by molar-refractivity contribution is -0.131. The van der Waals surface area contributed by atoms with Gasteiger partial charge in [-0.25, -0.2) is 0 Å². The summed E-state index contributed by atoms with van der Waals surface area (Å²) in [5.41, 5.74) is 2.71. The standard InChI is InChI=1S/C25H23ClN2O4/c1-17(29)32-22-10-5-8-19(15-22)25(31)28-23-11-3-2-7-20(23)16-27-24(30)13-12-18-6-4-9-21(26)14-18/h2-11,14-15H,12-13,16H2,1H3,(H,27,30)(H,28,31). The van der Waals surface area contributed by atoms with Gasteiger partial charge in [-0.1, -0.05) is 48.0 Å². The average molecular weight is 451 g/mol. The quantitative estimate of drug-likeness (QED) is 0.382. The third-order valence-corrected chi connectivity index (χ3v) is 4.86. The van der Waals surface area contributed by atoms with Crippen LogP contribution in [-0.4, -0.2) is 17.8 Å². The summed E-state index contributed by atoms with van der Waals surface area (Å²) in [7, 11) is 0. The van der Waals surface area contributed by atoms with Gasteiger partial charge in [0.05, 0.1) is 0 Å². The van der Waals surface area contributed by atoms with Crippen LogP contribution in [0.15, 0.2) is 72.8 Å². The van der Waals surface area contributed by atoms with Crippen molar-refractivity contribution in [3.05, 3.63) is 94.5 Å². The number of benzene rings is 3. The predicted octanol–water partition coefficient (Wildman–Crippen LogP) is 4.77. The summed E-state index contributed by atoms with van der Waals surface area (Å²) in [6.07, 6.45) is 0.918. The van der Waals surface area contributed by atoms with Gasteiger partial charge in [0, 0.05) is 36.2 Å². The van der Waals surface area contributed by atoms with E-state index in [1.165, 1.54) is 13.0 Å². The fourth-order valence-electron chi connectivity index (χ4n) is 3.09. The first-order chi connectivity index (χ1) is 15.4. The Hall–Kier alpha value is -3.64. The molecule has 3 rings (SSSR count). The molecule has 0 bridgehead atoms. The lowest BCUT2D eigenvalue weighted by Gasteiger charge is -2.12. The first kappa shape index (κ1) is 23.0. The number of hydrogen-bond acceptors (Lipinski definition) is 4. The minimum Gasteiger partial charge on any atom is -0.427 e. The van der Waals surface area contributed by atoms with E-state index in [0.29, 0.717) is 34.9 Å². The molecule has 7 heteroatoms. The minimum atomic E-state index is -0.459. The Labute approximate surface area is 191 Å². The summed E-state index contributed by atoms with van der Waals surface area (Å²) < 4.78 is 5.03. The maximum Gasteiger partial charge on any atom is 0.308 e. The lowest BCUT2D eigenvalue weighted by Crippen LogP contribution is -2.24. The van der Waals surface area contributed by atoms with Crippen LogP contribution in [0, 0.1) is 0 Å². The molecule has 3 aromatic rings. The number of halogens is 1. The number of carbonyl (C=O) groups excluding carboxylic acids is 3. The predicted molar refractivity (Wildman–Crippen MR) is 124 cm³/mol. The van der Waals surface area contributed by atoms with Crippen LogP contribution in [0.3, 0.4) is 0 Å². The van der Waals surface area contributed by atoms with Crippen molar-refractivity contribution in [3.63, 3.8) is 0 Å². The summed E-state index contributed by atoms with van der Waals surface area (Å²) >= 11 is 5.98. The van der Waals surface area contributed by atoms with E-state index in [1.807, 2.05) is 30.3 Å². The van der Waals surface area contributed by atoms with Crippen molar-refractivity contribution in [2.24, 2.45) is 0 Å². The number of carbonyl (C=O) groups is 3. The van der Waals surface area contributed by atoms with Crippen LogP contribution < -0.4 is 15.4 Å². The number of nitrogens with one attached hydrogen (secondary N) is 2. The molecule has 32 heavy (non-hydrogen) atoms. The SMILES string of the molecule is CC(=O)Oc1cccc(C(=O)Nc2ccccc2CNC(=O)CCc2cccc(Cl)c2)c1. The van der Waals surface area contributed by atoms with Crippen LogP contribution in [0.5, 0.6) is 5.75 Å². The van der Waals surface area contributed by atoms with Crippen LogP contribution in [0.4, 0.5) is 5.69 Å². The van der Waals surface area contributed by atoms with Crippen LogP contribution in [0.2, 0.25) is 5.02 Å². The summed E-state index contributed by atoms with van der Waals surface area (Å²) in [4.78, 5) is 36.1. The number of rotatable bonds is 8. The first-order valence-electron chi connectivity index (χ1n) is 10.1. The summed E-state index contributed by atoms with van der Waals surface area (Å²) in [5.74, 6) is -0.608. The lowest BCUT2D eigenvalue weighted by atomic mass is 10.1. The van der Waals surface area contributed by atoms with E-state index in [4.69, 9.17) is 16.3 Å². The van der Waals surface area contributed by atoms with Crippen molar-refractivity contribution in [1.82, 2.24) is 5.32 Å². The molecule has 0 heterocycles. The Morgan fingerprint density at radius 3 is 2.50 bits per heavy atom. The highest BCUT2D eigenvalue weighted by Gasteiger charge is 2.11. The zero-order valence-electron chi connectivity index (χ0n) is 17.6. The van der Waals surface area contributed by atoms with Gasteiger partial charge in [0.2, 0.25) is 5.91 Å². The summed E-state index contributed by atoms with van der Waals surface area (Å²) in [5, 5.41) is 6.38. The summed E-state index contributed by atoms with van der Waals surface area (Å²) in [6, 6.07) is 21.0. The Morgan fingerprint density at radius 1 is 0.938 bits per heavy atom. The zero-order chi connectivity index (χ0) is 22.9. The maximum absolute atomic E-state index is 12.7. The third kappa shape index (κ3) is 6.96. The monoisotopic (exact) mass is 450 g/mol. The molecule has 0 unspecified atom stereocenters. The van der Waals surface area contributed by atoms with Crippen molar-refractivity contribution in [1.29, 1.82) is 0 Å². The normalized spacial score (nSPS) is 10.3. The molecule has 0 radical (unpaired) electrons. The Bertz CT molecular complexity index is 1130. The van der Waals surface area contributed by atoms with Crippen LogP contribution in [-0.2, 0) is 22.6 Å². The number of esters is 1. The molecule has 0 aliphatic heterocycles. The second kappa shape index (κ2) is 11.1. The van der Waals surface area contributed by atoms with Crippen molar-refractivity contribution < 1.29 is 19.1 Å². The molecule has 0 aliphatic rings. The topological polar surface area (TPSA) is 84.5 Å². The van der Waals surface area contributed by atoms with Crippen LogP contribution in [0.1, 0.15) is 34.8 Å². The number of para-hydroxylation sites is 1. The number of ether oxygens (including phenoxy) is 1. The van der Waals surface area contributed by atoms with Gasteiger partial charge < -0.3 is 15.4 Å². The van der Waals surface area contributed by atoms with Crippen molar-refractivity contribution in [2.45, 2.75) is 26.3 Å².